The van der Waals surface area contributed by atoms with Crippen LogP contribution in [0.4, 0.5) is 5.82 Å². The molecule has 5 nitrogen and oxygen atoms in total. The molecule has 1 aromatic heterocycles. The van der Waals surface area contributed by atoms with Gasteiger partial charge in [-0.1, -0.05) is 12.1 Å². The Bertz CT molecular complexity index is 468. The number of aromatic nitrogens is 2. The summed E-state index contributed by atoms with van der Waals surface area (Å²) in [6.45, 7) is 0.433. The van der Waals surface area contributed by atoms with Gasteiger partial charge in [-0.3, -0.25) is 0 Å². The first-order valence-corrected chi connectivity index (χ1v) is 5.11. The van der Waals surface area contributed by atoms with Gasteiger partial charge < -0.3 is 15.2 Å². The van der Waals surface area contributed by atoms with Crippen molar-refractivity contribution in [3.05, 3.63) is 42.2 Å². The maximum atomic E-state index is 5.45. The standard InChI is InChI=1S/C12H13N3O2/c1-16-10-4-2-9(3-5-10)8-17-12-7-14-11(13)6-15-12/h2-7H,8H2,1H3,(H2,13,14). The van der Waals surface area contributed by atoms with Gasteiger partial charge in [0, 0.05) is 0 Å². The van der Waals surface area contributed by atoms with Crippen LogP contribution in [0.15, 0.2) is 36.7 Å². The average Bonchev–Trinajstić information content (AvgIpc) is 2.39. The summed E-state index contributed by atoms with van der Waals surface area (Å²) in [5, 5.41) is 0. The predicted octanol–water partition coefficient (Wildman–Crippen LogP) is 1.65. The van der Waals surface area contributed by atoms with Crippen molar-refractivity contribution in [2.24, 2.45) is 0 Å². The number of anilines is 1. The number of hydrogen-bond acceptors (Lipinski definition) is 5. The molecule has 0 spiro atoms. The second-order valence-electron chi connectivity index (χ2n) is 3.42. The van der Waals surface area contributed by atoms with Crippen molar-refractivity contribution in [2.45, 2.75) is 6.61 Å². The molecule has 0 saturated heterocycles. The average molecular weight is 231 g/mol. The van der Waals surface area contributed by atoms with E-state index >= 15 is 0 Å². The van der Waals surface area contributed by atoms with Crippen molar-refractivity contribution >= 4 is 5.82 Å². The summed E-state index contributed by atoms with van der Waals surface area (Å²) in [6, 6.07) is 7.63. The molecule has 0 amide bonds. The molecule has 0 aliphatic rings. The summed E-state index contributed by atoms with van der Waals surface area (Å²) in [6.07, 6.45) is 2.96. The van der Waals surface area contributed by atoms with Crippen molar-refractivity contribution in [1.29, 1.82) is 0 Å². The van der Waals surface area contributed by atoms with E-state index in [1.165, 1.54) is 12.4 Å². The van der Waals surface area contributed by atoms with E-state index in [9.17, 15) is 0 Å². The minimum atomic E-state index is 0.377. The van der Waals surface area contributed by atoms with Crippen LogP contribution in [0.25, 0.3) is 0 Å². The Morgan fingerprint density at radius 2 is 1.88 bits per heavy atom. The summed E-state index contributed by atoms with van der Waals surface area (Å²) < 4.78 is 10.5. The van der Waals surface area contributed by atoms with Gasteiger partial charge in [-0.05, 0) is 17.7 Å². The molecule has 1 heterocycles. The largest absolute Gasteiger partial charge is 0.497 e. The zero-order valence-corrected chi connectivity index (χ0v) is 9.46. The maximum Gasteiger partial charge on any atom is 0.232 e. The van der Waals surface area contributed by atoms with Gasteiger partial charge in [-0.2, -0.15) is 0 Å². The molecule has 2 aromatic rings. The smallest absolute Gasteiger partial charge is 0.232 e. The first-order chi connectivity index (χ1) is 8.28. The second kappa shape index (κ2) is 5.16. The fourth-order valence-electron chi connectivity index (χ4n) is 1.28. The molecule has 17 heavy (non-hydrogen) atoms. The SMILES string of the molecule is COc1ccc(COc2cnc(N)cn2)cc1. The third kappa shape index (κ3) is 3.07. The van der Waals surface area contributed by atoms with E-state index in [4.69, 9.17) is 15.2 Å². The highest BCUT2D eigenvalue weighted by Gasteiger charge is 1.98. The van der Waals surface area contributed by atoms with Crippen LogP contribution in [0.3, 0.4) is 0 Å². The molecule has 1 aromatic carbocycles. The van der Waals surface area contributed by atoms with E-state index < -0.39 is 0 Å². The van der Waals surface area contributed by atoms with Crippen molar-refractivity contribution in [2.75, 3.05) is 12.8 Å². The normalized spacial score (nSPS) is 9.94. The van der Waals surface area contributed by atoms with Crippen LogP contribution >= 0.6 is 0 Å². The lowest BCUT2D eigenvalue weighted by molar-refractivity contribution is 0.292. The Balaban J connectivity index is 1.95. The van der Waals surface area contributed by atoms with Crippen LogP contribution in [0.5, 0.6) is 11.6 Å². The van der Waals surface area contributed by atoms with Crippen molar-refractivity contribution in [3.8, 4) is 11.6 Å². The topological polar surface area (TPSA) is 70.3 Å². The lowest BCUT2D eigenvalue weighted by atomic mass is 10.2. The maximum absolute atomic E-state index is 5.45. The highest BCUT2D eigenvalue weighted by molar-refractivity contribution is 5.27. The zero-order valence-electron chi connectivity index (χ0n) is 9.46. The zero-order chi connectivity index (χ0) is 12.1. The summed E-state index contributed by atoms with van der Waals surface area (Å²) >= 11 is 0. The number of nitrogen functional groups attached to an aromatic ring is 1. The van der Waals surface area contributed by atoms with Gasteiger partial charge >= 0.3 is 0 Å². The van der Waals surface area contributed by atoms with Gasteiger partial charge in [-0.15, -0.1) is 0 Å². The molecule has 0 bridgehead atoms. The molecule has 2 rings (SSSR count). The first kappa shape index (κ1) is 11.2. The highest BCUT2D eigenvalue weighted by Crippen LogP contribution is 2.13. The summed E-state index contributed by atoms with van der Waals surface area (Å²) in [5.74, 6) is 1.65. The molecule has 0 aliphatic carbocycles. The van der Waals surface area contributed by atoms with Gasteiger partial charge in [0.25, 0.3) is 0 Å². The molecule has 0 fully saturated rings. The summed E-state index contributed by atoms with van der Waals surface area (Å²) in [7, 11) is 1.63. The van der Waals surface area contributed by atoms with E-state index in [-0.39, 0.29) is 0 Å². The third-order valence-electron chi connectivity index (χ3n) is 2.19. The molecule has 0 saturated carbocycles. The Morgan fingerprint density at radius 1 is 1.12 bits per heavy atom. The van der Waals surface area contributed by atoms with Crippen LogP contribution in [0, 0.1) is 0 Å². The minimum Gasteiger partial charge on any atom is -0.497 e. The molecule has 0 radical (unpaired) electrons. The lowest BCUT2D eigenvalue weighted by Crippen LogP contribution is -1.99. The highest BCUT2D eigenvalue weighted by atomic mass is 16.5. The quantitative estimate of drug-likeness (QED) is 0.866. The van der Waals surface area contributed by atoms with Gasteiger partial charge in [0.1, 0.15) is 18.2 Å². The number of benzene rings is 1. The monoisotopic (exact) mass is 231 g/mol. The molecule has 0 aliphatic heterocycles. The molecule has 0 atom stereocenters. The van der Waals surface area contributed by atoms with E-state index in [1.54, 1.807) is 7.11 Å². The van der Waals surface area contributed by atoms with E-state index in [1.807, 2.05) is 24.3 Å². The molecule has 5 heteroatoms. The lowest BCUT2D eigenvalue weighted by Gasteiger charge is -2.05. The van der Waals surface area contributed by atoms with Crippen LogP contribution in [-0.2, 0) is 6.61 Å². The van der Waals surface area contributed by atoms with Crippen LogP contribution in [-0.4, -0.2) is 17.1 Å². The minimum absolute atomic E-state index is 0.377. The molecular formula is C12H13N3O2. The van der Waals surface area contributed by atoms with E-state index in [0.29, 0.717) is 18.3 Å². The number of nitrogens with zero attached hydrogens (tertiary/aromatic N) is 2. The first-order valence-electron chi connectivity index (χ1n) is 5.11. The number of ether oxygens (including phenoxy) is 2. The van der Waals surface area contributed by atoms with Crippen molar-refractivity contribution < 1.29 is 9.47 Å². The Hall–Kier alpha value is -2.30. The molecular weight excluding hydrogens is 218 g/mol. The fourth-order valence-corrected chi connectivity index (χ4v) is 1.28. The number of nitrogens with two attached hydrogens (primary N) is 1. The van der Waals surface area contributed by atoms with Gasteiger partial charge in [-0.25, -0.2) is 9.97 Å². The van der Waals surface area contributed by atoms with E-state index in [2.05, 4.69) is 9.97 Å². The Kier molecular flexibility index (Phi) is 3.40. The number of hydrogen-bond donors (Lipinski definition) is 1. The fraction of sp³-hybridized carbons (Fsp3) is 0.167. The molecule has 2 N–H and O–H groups in total. The predicted molar refractivity (Wildman–Crippen MR) is 63.8 cm³/mol. The molecule has 0 unspecified atom stereocenters. The van der Waals surface area contributed by atoms with Crippen molar-refractivity contribution in [3.63, 3.8) is 0 Å². The number of rotatable bonds is 4. The molecule has 88 valence electrons. The van der Waals surface area contributed by atoms with Crippen LogP contribution in [0.1, 0.15) is 5.56 Å². The van der Waals surface area contributed by atoms with E-state index in [0.717, 1.165) is 11.3 Å². The van der Waals surface area contributed by atoms with Gasteiger partial charge in [0.05, 0.1) is 19.5 Å². The van der Waals surface area contributed by atoms with Crippen LogP contribution in [0.2, 0.25) is 0 Å². The summed E-state index contributed by atoms with van der Waals surface area (Å²) in [5.41, 5.74) is 6.45. The number of methoxy groups -OCH3 is 1. The van der Waals surface area contributed by atoms with Crippen molar-refractivity contribution in [1.82, 2.24) is 9.97 Å². The summed E-state index contributed by atoms with van der Waals surface area (Å²) in [4.78, 5) is 7.88. The third-order valence-corrected chi connectivity index (χ3v) is 2.19. The van der Waals surface area contributed by atoms with Crippen LogP contribution < -0.4 is 15.2 Å². The van der Waals surface area contributed by atoms with Gasteiger partial charge in [0.2, 0.25) is 5.88 Å². The van der Waals surface area contributed by atoms with Gasteiger partial charge in [0.15, 0.2) is 0 Å². The second-order valence-corrected chi connectivity index (χ2v) is 3.42. The Morgan fingerprint density at radius 3 is 2.47 bits per heavy atom. The Labute approximate surface area is 99.2 Å².